The van der Waals surface area contributed by atoms with Gasteiger partial charge in [0.1, 0.15) is 0 Å². The Hall–Kier alpha value is -1.42. The monoisotopic (exact) mass is 248 g/mol. The van der Waals surface area contributed by atoms with Gasteiger partial charge in [0.05, 0.1) is 5.69 Å². The number of aromatic nitrogens is 1. The van der Waals surface area contributed by atoms with Crippen LogP contribution in [-0.4, -0.2) is 22.6 Å². The molecule has 98 valence electrons. The lowest BCUT2D eigenvalue weighted by molar-refractivity contribution is -0.144. The third kappa shape index (κ3) is 2.70. The Balaban J connectivity index is 2.09. The van der Waals surface area contributed by atoms with Crippen molar-refractivity contribution >= 4 is 5.97 Å². The van der Waals surface area contributed by atoms with Gasteiger partial charge in [0.2, 0.25) is 0 Å². The molecule has 0 saturated heterocycles. The van der Waals surface area contributed by atoms with Crippen molar-refractivity contribution in [1.29, 1.82) is 0 Å². The Morgan fingerprint density at radius 3 is 2.78 bits per heavy atom. The topological polar surface area (TPSA) is 62.2 Å². The Kier molecular flexibility index (Phi) is 3.97. The number of rotatable bonds is 5. The second-order valence-electron chi connectivity index (χ2n) is 5.18. The Bertz CT molecular complexity index is 402. The summed E-state index contributed by atoms with van der Waals surface area (Å²) in [5, 5.41) is 12.6. The summed E-state index contributed by atoms with van der Waals surface area (Å²) in [6.45, 7) is 2.44. The van der Waals surface area contributed by atoms with Crippen LogP contribution in [0.25, 0.3) is 0 Å². The van der Waals surface area contributed by atoms with Gasteiger partial charge in [-0.3, -0.25) is 10.3 Å². The molecule has 1 aromatic rings. The highest BCUT2D eigenvalue weighted by Gasteiger charge is 2.36. The second kappa shape index (κ2) is 5.48. The first kappa shape index (κ1) is 13.0. The summed E-state index contributed by atoms with van der Waals surface area (Å²) in [5.74, 6) is -0.272. The quantitative estimate of drug-likeness (QED) is 0.838. The molecule has 1 fully saturated rings. The molecule has 0 radical (unpaired) electrons. The van der Waals surface area contributed by atoms with Crippen molar-refractivity contribution in [3.63, 3.8) is 0 Å². The molecule has 4 heteroatoms. The van der Waals surface area contributed by atoms with Gasteiger partial charge in [-0.15, -0.1) is 0 Å². The summed E-state index contributed by atoms with van der Waals surface area (Å²) in [6, 6.07) is 5.37. The standard InChI is InChI=1S/C14H20N2O2/c1-14(13(17)18,12-8-4-5-9-15-12)16-10-11-6-2-3-7-11/h4-5,8-9,11,16H,2-3,6-7,10H2,1H3,(H,17,18). The zero-order valence-electron chi connectivity index (χ0n) is 10.7. The fourth-order valence-electron chi connectivity index (χ4n) is 2.50. The normalized spacial score (nSPS) is 19.6. The van der Waals surface area contributed by atoms with Gasteiger partial charge in [-0.25, -0.2) is 4.79 Å². The molecule has 2 N–H and O–H groups in total. The van der Waals surface area contributed by atoms with E-state index in [2.05, 4.69) is 10.3 Å². The molecule has 0 aromatic carbocycles. The number of hydrogen-bond donors (Lipinski definition) is 2. The summed E-state index contributed by atoms with van der Waals surface area (Å²) in [6.07, 6.45) is 6.56. The smallest absolute Gasteiger partial charge is 0.329 e. The van der Waals surface area contributed by atoms with E-state index in [4.69, 9.17) is 0 Å². The molecular weight excluding hydrogens is 228 g/mol. The molecule has 0 bridgehead atoms. The van der Waals surface area contributed by atoms with E-state index in [9.17, 15) is 9.90 Å². The second-order valence-corrected chi connectivity index (χ2v) is 5.18. The van der Waals surface area contributed by atoms with Gasteiger partial charge in [-0.05, 0) is 44.4 Å². The molecule has 1 saturated carbocycles. The van der Waals surface area contributed by atoms with Gasteiger partial charge >= 0.3 is 5.97 Å². The fraction of sp³-hybridized carbons (Fsp3) is 0.571. The van der Waals surface area contributed by atoms with E-state index >= 15 is 0 Å². The summed E-state index contributed by atoms with van der Waals surface area (Å²) in [7, 11) is 0. The summed E-state index contributed by atoms with van der Waals surface area (Å²) < 4.78 is 0. The van der Waals surface area contributed by atoms with Crippen molar-refractivity contribution < 1.29 is 9.90 Å². The number of carboxylic acids is 1. The van der Waals surface area contributed by atoms with Gasteiger partial charge in [0, 0.05) is 6.20 Å². The Morgan fingerprint density at radius 1 is 1.50 bits per heavy atom. The van der Waals surface area contributed by atoms with E-state index in [-0.39, 0.29) is 0 Å². The van der Waals surface area contributed by atoms with Crippen LogP contribution in [0.1, 0.15) is 38.3 Å². The van der Waals surface area contributed by atoms with Crippen LogP contribution in [0.15, 0.2) is 24.4 Å². The minimum Gasteiger partial charge on any atom is -0.480 e. The van der Waals surface area contributed by atoms with Crippen LogP contribution in [-0.2, 0) is 10.3 Å². The predicted octanol–water partition coefficient (Wildman–Crippen LogP) is 2.16. The van der Waals surface area contributed by atoms with Gasteiger partial charge in [0.25, 0.3) is 0 Å². The maximum atomic E-state index is 11.5. The number of pyridine rings is 1. The maximum absolute atomic E-state index is 11.5. The summed E-state index contributed by atoms with van der Waals surface area (Å²) in [5.41, 5.74) is -0.528. The third-order valence-electron chi connectivity index (χ3n) is 3.82. The van der Waals surface area contributed by atoms with E-state index in [1.54, 1.807) is 25.3 Å². The Morgan fingerprint density at radius 2 is 2.22 bits per heavy atom. The lowest BCUT2D eigenvalue weighted by Crippen LogP contribution is -2.48. The Labute approximate surface area is 107 Å². The SMILES string of the molecule is CC(NCC1CCCC1)(C(=O)O)c1ccccn1. The average Bonchev–Trinajstić information content (AvgIpc) is 2.90. The number of carboxylic acid groups (broad SMARTS) is 1. The van der Waals surface area contributed by atoms with Crippen molar-refractivity contribution in [2.75, 3.05) is 6.54 Å². The molecule has 1 atom stereocenters. The highest BCUT2D eigenvalue weighted by atomic mass is 16.4. The number of nitrogens with zero attached hydrogens (tertiary/aromatic N) is 1. The van der Waals surface area contributed by atoms with E-state index in [0.29, 0.717) is 11.6 Å². The van der Waals surface area contributed by atoms with Crippen LogP contribution in [0.2, 0.25) is 0 Å². The lowest BCUT2D eigenvalue weighted by Gasteiger charge is -2.27. The van der Waals surface area contributed by atoms with Crippen LogP contribution < -0.4 is 5.32 Å². The minimum atomic E-state index is -1.09. The number of aliphatic carboxylic acids is 1. The van der Waals surface area contributed by atoms with Crippen LogP contribution >= 0.6 is 0 Å². The van der Waals surface area contributed by atoms with Crippen LogP contribution in [0, 0.1) is 5.92 Å². The van der Waals surface area contributed by atoms with Crippen molar-refractivity contribution in [3.05, 3.63) is 30.1 Å². The first-order valence-corrected chi connectivity index (χ1v) is 6.53. The molecule has 0 amide bonds. The molecular formula is C14H20N2O2. The van der Waals surface area contributed by atoms with E-state index in [1.165, 1.54) is 25.7 Å². The van der Waals surface area contributed by atoms with Crippen molar-refractivity contribution in [3.8, 4) is 0 Å². The molecule has 2 rings (SSSR count). The highest BCUT2D eigenvalue weighted by molar-refractivity contribution is 5.79. The largest absolute Gasteiger partial charge is 0.480 e. The molecule has 1 aliphatic carbocycles. The molecule has 1 aliphatic rings. The van der Waals surface area contributed by atoms with Crippen molar-refractivity contribution in [1.82, 2.24) is 10.3 Å². The van der Waals surface area contributed by atoms with Gasteiger partial charge in [0.15, 0.2) is 5.54 Å². The molecule has 0 spiro atoms. The summed E-state index contributed by atoms with van der Waals surface area (Å²) in [4.78, 5) is 15.7. The van der Waals surface area contributed by atoms with E-state index in [1.807, 2.05) is 6.07 Å². The molecule has 1 aromatic heterocycles. The van der Waals surface area contributed by atoms with Gasteiger partial charge in [-0.2, -0.15) is 0 Å². The van der Waals surface area contributed by atoms with E-state index in [0.717, 1.165) is 6.54 Å². The maximum Gasteiger partial charge on any atom is 0.329 e. The first-order chi connectivity index (χ1) is 8.63. The van der Waals surface area contributed by atoms with Crippen LogP contribution in [0.3, 0.4) is 0 Å². The van der Waals surface area contributed by atoms with Gasteiger partial charge < -0.3 is 5.11 Å². The first-order valence-electron chi connectivity index (χ1n) is 6.53. The van der Waals surface area contributed by atoms with Gasteiger partial charge in [-0.1, -0.05) is 18.9 Å². The molecule has 18 heavy (non-hydrogen) atoms. The molecule has 1 heterocycles. The lowest BCUT2D eigenvalue weighted by atomic mass is 9.95. The van der Waals surface area contributed by atoms with Crippen molar-refractivity contribution in [2.24, 2.45) is 5.92 Å². The average molecular weight is 248 g/mol. The number of hydrogen-bond acceptors (Lipinski definition) is 3. The zero-order valence-corrected chi connectivity index (χ0v) is 10.7. The van der Waals surface area contributed by atoms with E-state index < -0.39 is 11.5 Å². The third-order valence-corrected chi connectivity index (χ3v) is 3.82. The summed E-state index contributed by atoms with van der Waals surface area (Å²) >= 11 is 0. The minimum absolute atomic E-state index is 0.565. The number of nitrogens with one attached hydrogen (secondary N) is 1. The van der Waals surface area contributed by atoms with Crippen LogP contribution in [0.4, 0.5) is 0 Å². The number of carbonyl (C=O) groups is 1. The molecule has 4 nitrogen and oxygen atoms in total. The zero-order chi connectivity index (χ0) is 13.0. The fourth-order valence-corrected chi connectivity index (χ4v) is 2.50. The predicted molar refractivity (Wildman–Crippen MR) is 69.2 cm³/mol. The molecule has 1 unspecified atom stereocenters. The van der Waals surface area contributed by atoms with Crippen LogP contribution in [0.5, 0.6) is 0 Å². The highest BCUT2D eigenvalue weighted by Crippen LogP contribution is 2.26. The molecule has 0 aliphatic heterocycles. The van der Waals surface area contributed by atoms with Crippen molar-refractivity contribution in [2.45, 2.75) is 38.1 Å².